The maximum atomic E-state index is 3.69. The molecule has 0 bridgehead atoms. The SMILES string of the molecule is CSC(C)CCNC1CC(c2cccc(C)c2)C1. The van der Waals surface area contributed by atoms with Gasteiger partial charge in [0, 0.05) is 11.3 Å². The van der Waals surface area contributed by atoms with Gasteiger partial charge in [-0.1, -0.05) is 36.8 Å². The van der Waals surface area contributed by atoms with Gasteiger partial charge in [0.15, 0.2) is 0 Å². The first kappa shape index (κ1) is 14.0. The smallest absolute Gasteiger partial charge is 0.00787 e. The van der Waals surface area contributed by atoms with E-state index < -0.39 is 0 Å². The van der Waals surface area contributed by atoms with Gasteiger partial charge < -0.3 is 5.32 Å². The van der Waals surface area contributed by atoms with Crippen molar-refractivity contribution in [1.82, 2.24) is 5.32 Å². The minimum atomic E-state index is 0.754. The number of hydrogen-bond donors (Lipinski definition) is 1. The number of benzene rings is 1. The number of thioether (sulfide) groups is 1. The van der Waals surface area contributed by atoms with Crippen LogP contribution in [-0.2, 0) is 0 Å². The van der Waals surface area contributed by atoms with E-state index in [9.17, 15) is 0 Å². The van der Waals surface area contributed by atoms with Gasteiger partial charge in [0.25, 0.3) is 0 Å². The Morgan fingerprint density at radius 3 is 2.83 bits per heavy atom. The quantitative estimate of drug-likeness (QED) is 0.833. The first-order chi connectivity index (χ1) is 8.69. The van der Waals surface area contributed by atoms with E-state index in [2.05, 4.69) is 49.7 Å². The van der Waals surface area contributed by atoms with Crippen molar-refractivity contribution in [3.63, 3.8) is 0 Å². The molecular formula is C16H25NS. The summed E-state index contributed by atoms with van der Waals surface area (Å²) in [6.45, 7) is 5.66. The third-order valence-corrected chi connectivity index (χ3v) is 5.08. The molecule has 1 aliphatic rings. The molecule has 0 amide bonds. The van der Waals surface area contributed by atoms with E-state index in [1.165, 1.54) is 36.9 Å². The highest BCUT2D eigenvalue weighted by molar-refractivity contribution is 7.99. The fourth-order valence-electron chi connectivity index (χ4n) is 2.59. The minimum absolute atomic E-state index is 0.754. The van der Waals surface area contributed by atoms with Gasteiger partial charge in [-0.15, -0.1) is 0 Å². The van der Waals surface area contributed by atoms with Gasteiger partial charge in [-0.05, 0) is 50.5 Å². The van der Waals surface area contributed by atoms with Crippen LogP contribution in [0.5, 0.6) is 0 Å². The predicted molar refractivity (Wildman–Crippen MR) is 82.5 cm³/mol. The van der Waals surface area contributed by atoms with E-state index in [1.807, 2.05) is 11.8 Å². The molecule has 0 radical (unpaired) electrons. The zero-order valence-corrected chi connectivity index (χ0v) is 12.6. The molecule has 0 aromatic heterocycles. The van der Waals surface area contributed by atoms with Crippen LogP contribution in [0.3, 0.4) is 0 Å². The third kappa shape index (κ3) is 3.76. The summed E-state index contributed by atoms with van der Waals surface area (Å²) in [6.07, 6.45) is 6.11. The molecule has 1 saturated carbocycles. The van der Waals surface area contributed by atoms with Crippen LogP contribution in [-0.4, -0.2) is 24.1 Å². The van der Waals surface area contributed by atoms with E-state index >= 15 is 0 Å². The fraction of sp³-hybridized carbons (Fsp3) is 0.625. The Bertz CT molecular complexity index is 371. The van der Waals surface area contributed by atoms with Crippen LogP contribution in [0.15, 0.2) is 24.3 Å². The van der Waals surface area contributed by atoms with Gasteiger partial charge in [-0.2, -0.15) is 11.8 Å². The van der Waals surface area contributed by atoms with Crippen LogP contribution in [0.2, 0.25) is 0 Å². The molecule has 1 unspecified atom stereocenters. The average molecular weight is 263 g/mol. The van der Waals surface area contributed by atoms with Gasteiger partial charge >= 0.3 is 0 Å². The van der Waals surface area contributed by atoms with Crippen LogP contribution < -0.4 is 5.32 Å². The monoisotopic (exact) mass is 263 g/mol. The molecule has 1 atom stereocenters. The Kier molecular flexibility index (Phi) is 5.13. The second-order valence-corrected chi connectivity index (χ2v) is 6.84. The summed E-state index contributed by atoms with van der Waals surface area (Å²) in [4.78, 5) is 0. The molecule has 0 saturated heterocycles. The van der Waals surface area contributed by atoms with Crippen LogP contribution in [0.1, 0.15) is 43.2 Å². The highest BCUT2D eigenvalue weighted by Crippen LogP contribution is 2.37. The van der Waals surface area contributed by atoms with Gasteiger partial charge in [-0.3, -0.25) is 0 Å². The summed E-state index contributed by atoms with van der Waals surface area (Å²) in [5.74, 6) is 0.792. The molecule has 100 valence electrons. The number of rotatable bonds is 6. The first-order valence-electron chi connectivity index (χ1n) is 7.01. The molecule has 1 N–H and O–H groups in total. The molecule has 0 heterocycles. The van der Waals surface area contributed by atoms with Crippen molar-refractivity contribution in [2.75, 3.05) is 12.8 Å². The lowest BCUT2D eigenvalue weighted by atomic mass is 9.75. The fourth-order valence-corrected chi connectivity index (χ4v) is 2.94. The minimum Gasteiger partial charge on any atom is -0.314 e. The van der Waals surface area contributed by atoms with Gasteiger partial charge in [0.2, 0.25) is 0 Å². The Balaban J connectivity index is 1.68. The van der Waals surface area contributed by atoms with Crippen molar-refractivity contribution in [3.05, 3.63) is 35.4 Å². The molecule has 1 fully saturated rings. The lowest BCUT2D eigenvalue weighted by Gasteiger charge is -2.36. The second kappa shape index (κ2) is 6.63. The summed E-state index contributed by atoms with van der Waals surface area (Å²) in [6, 6.07) is 9.75. The molecule has 1 aromatic rings. The standard InChI is InChI=1S/C16H25NS/c1-12-5-4-6-14(9-12)15-10-16(11-15)17-8-7-13(2)18-3/h4-6,9,13,15-17H,7-8,10-11H2,1-3H3. The maximum Gasteiger partial charge on any atom is 0.00787 e. The molecular weight excluding hydrogens is 238 g/mol. The Morgan fingerprint density at radius 2 is 2.17 bits per heavy atom. The van der Waals surface area contributed by atoms with Crippen LogP contribution in [0.25, 0.3) is 0 Å². The normalized spacial score (nSPS) is 24.6. The zero-order valence-electron chi connectivity index (χ0n) is 11.8. The summed E-state index contributed by atoms with van der Waals surface area (Å²) >= 11 is 1.96. The Labute approximate surface area is 116 Å². The van der Waals surface area contributed by atoms with E-state index in [1.54, 1.807) is 0 Å². The van der Waals surface area contributed by atoms with E-state index in [0.717, 1.165) is 17.2 Å². The van der Waals surface area contributed by atoms with Crippen molar-refractivity contribution < 1.29 is 0 Å². The molecule has 0 spiro atoms. The van der Waals surface area contributed by atoms with Crippen molar-refractivity contribution >= 4 is 11.8 Å². The number of aryl methyl sites for hydroxylation is 1. The largest absolute Gasteiger partial charge is 0.314 e. The summed E-state index contributed by atoms with van der Waals surface area (Å²) < 4.78 is 0. The number of nitrogens with one attached hydrogen (secondary N) is 1. The van der Waals surface area contributed by atoms with Crippen molar-refractivity contribution in [1.29, 1.82) is 0 Å². The van der Waals surface area contributed by atoms with E-state index in [-0.39, 0.29) is 0 Å². The van der Waals surface area contributed by atoms with Crippen molar-refractivity contribution in [3.8, 4) is 0 Å². The molecule has 2 rings (SSSR count). The van der Waals surface area contributed by atoms with Crippen molar-refractivity contribution in [2.24, 2.45) is 0 Å². The summed E-state index contributed by atoms with van der Waals surface area (Å²) in [7, 11) is 0. The third-order valence-electron chi connectivity index (χ3n) is 4.04. The topological polar surface area (TPSA) is 12.0 Å². The zero-order chi connectivity index (χ0) is 13.0. The predicted octanol–water partition coefficient (Wildman–Crippen LogP) is 3.97. The highest BCUT2D eigenvalue weighted by atomic mass is 32.2. The second-order valence-electron chi connectivity index (χ2n) is 5.57. The molecule has 2 heteroatoms. The van der Waals surface area contributed by atoms with Gasteiger partial charge in [0.05, 0.1) is 0 Å². The molecule has 18 heavy (non-hydrogen) atoms. The maximum absolute atomic E-state index is 3.69. The highest BCUT2D eigenvalue weighted by Gasteiger charge is 2.29. The Morgan fingerprint density at radius 1 is 1.39 bits per heavy atom. The van der Waals surface area contributed by atoms with Crippen molar-refractivity contribution in [2.45, 2.75) is 50.3 Å². The van der Waals surface area contributed by atoms with Gasteiger partial charge in [0.1, 0.15) is 0 Å². The summed E-state index contributed by atoms with van der Waals surface area (Å²) in [5, 5.41) is 4.47. The van der Waals surface area contributed by atoms with Crippen LogP contribution in [0.4, 0.5) is 0 Å². The lowest BCUT2D eigenvalue weighted by Crippen LogP contribution is -2.40. The molecule has 0 aliphatic heterocycles. The molecule has 1 nitrogen and oxygen atoms in total. The summed E-state index contributed by atoms with van der Waals surface area (Å²) in [5.41, 5.74) is 2.92. The average Bonchev–Trinajstić information content (AvgIpc) is 2.31. The van der Waals surface area contributed by atoms with Crippen LogP contribution >= 0.6 is 11.8 Å². The molecule has 1 aliphatic carbocycles. The lowest BCUT2D eigenvalue weighted by molar-refractivity contribution is 0.291. The number of hydrogen-bond acceptors (Lipinski definition) is 2. The van der Waals surface area contributed by atoms with E-state index in [0.29, 0.717) is 0 Å². The van der Waals surface area contributed by atoms with E-state index in [4.69, 9.17) is 0 Å². The van der Waals surface area contributed by atoms with Gasteiger partial charge in [-0.25, -0.2) is 0 Å². The first-order valence-corrected chi connectivity index (χ1v) is 8.30. The molecule has 1 aromatic carbocycles. The Hall–Kier alpha value is -0.470. The van der Waals surface area contributed by atoms with Crippen LogP contribution in [0, 0.1) is 6.92 Å².